The molecule has 0 amide bonds. The lowest BCUT2D eigenvalue weighted by molar-refractivity contribution is 0.205. The number of rotatable bonds is 3. The van der Waals surface area contributed by atoms with Crippen LogP contribution in [-0.4, -0.2) is 56.2 Å². The van der Waals surface area contributed by atoms with Gasteiger partial charge in [0, 0.05) is 25.7 Å². The van der Waals surface area contributed by atoms with E-state index in [4.69, 9.17) is 14.5 Å². The summed E-state index contributed by atoms with van der Waals surface area (Å²) in [5.41, 5.74) is 1.47. The molecular formula is C25H24FN3O4S. The summed E-state index contributed by atoms with van der Waals surface area (Å²) in [6.07, 6.45) is 0. The molecule has 9 heteroatoms. The fourth-order valence-electron chi connectivity index (χ4n) is 4.30. The average Bonchev–Trinajstić information content (AvgIpc) is 3.00. The molecule has 5 rings (SSSR count). The van der Waals surface area contributed by atoms with Gasteiger partial charge in [-0.3, -0.25) is 0 Å². The number of methoxy groups -OCH3 is 1. The molecule has 0 N–H and O–H groups in total. The minimum Gasteiger partial charge on any atom is -0.497 e. The second-order valence-corrected chi connectivity index (χ2v) is 10.1. The Labute approximate surface area is 198 Å². The topological polar surface area (TPSA) is 71.4 Å². The number of benzene rings is 3. The third-order valence-corrected chi connectivity index (χ3v) is 8.05. The van der Waals surface area contributed by atoms with Crippen molar-refractivity contribution in [3.8, 4) is 17.2 Å². The second-order valence-electron chi connectivity index (χ2n) is 8.23. The molecule has 0 saturated carbocycles. The van der Waals surface area contributed by atoms with E-state index in [9.17, 15) is 12.8 Å². The maximum atomic E-state index is 13.3. The Morgan fingerprint density at radius 2 is 1.79 bits per heavy atom. The lowest BCUT2D eigenvalue weighted by Gasteiger charge is -2.40. The molecule has 0 spiro atoms. The highest BCUT2D eigenvalue weighted by atomic mass is 32.2. The molecule has 0 bridgehead atoms. The number of fused-ring (bicyclic) bond motifs is 2. The van der Waals surface area contributed by atoms with E-state index in [0.717, 1.165) is 17.7 Å². The summed E-state index contributed by atoms with van der Waals surface area (Å²) in [7, 11) is -2.15. The van der Waals surface area contributed by atoms with Crippen molar-refractivity contribution in [1.82, 2.24) is 9.21 Å². The van der Waals surface area contributed by atoms with Crippen LogP contribution in [0.2, 0.25) is 0 Å². The van der Waals surface area contributed by atoms with Gasteiger partial charge < -0.3 is 14.4 Å². The zero-order valence-corrected chi connectivity index (χ0v) is 19.6. The molecule has 1 fully saturated rings. The molecule has 2 aliphatic heterocycles. The van der Waals surface area contributed by atoms with Crippen molar-refractivity contribution in [2.45, 2.75) is 17.9 Å². The van der Waals surface area contributed by atoms with Gasteiger partial charge in [-0.15, -0.1) is 0 Å². The molecule has 34 heavy (non-hydrogen) atoms. The van der Waals surface area contributed by atoms with Crippen molar-refractivity contribution in [3.63, 3.8) is 0 Å². The van der Waals surface area contributed by atoms with Crippen LogP contribution in [0.5, 0.6) is 17.2 Å². The van der Waals surface area contributed by atoms with Gasteiger partial charge in [-0.1, -0.05) is 12.1 Å². The summed E-state index contributed by atoms with van der Waals surface area (Å²) < 4.78 is 52.8. The minimum atomic E-state index is -3.75. The van der Waals surface area contributed by atoms with Crippen LogP contribution in [-0.2, 0) is 10.0 Å². The summed E-state index contributed by atoms with van der Waals surface area (Å²) in [6, 6.07) is 17.7. The molecule has 2 heterocycles. The van der Waals surface area contributed by atoms with Gasteiger partial charge in [-0.05, 0) is 61.5 Å². The van der Waals surface area contributed by atoms with Gasteiger partial charge in [0.05, 0.1) is 17.6 Å². The second kappa shape index (κ2) is 8.73. The Balaban J connectivity index is 1.49. The zero-order chi connectivity index (χ0) is 23.9. The van der Waals surface area contributed by atoms with Crippen LogP contribution in [0.25, 0.3) is 0 Å². The number of halogens is 1. The first-order valence-electron chi connectivity index (χ1n) is 10.9. The van der Waals surface area contributed by atoms with Crippen molar-refractivity contribution < 1.29 is 22.3 Å². The maximum Gasteiger partial charge on any atom is 0.243 e. The molecule has 0 aromatic heterocycles. The number of amidine groups is 1. The van der Waals surface area contributed by atoms with Crippen molar-refractivity contribution in [3.05, 3.63) is 78.1 Å². The Hall–Kier alpha value is -3.43. The maximum absolute atomic E-state index is 13.3. The lowest BCUT2D eigenvalue weighted by Crippen LogP contribution is -2.55. The number of ether oxygens (including phenoxy) is 2. The predicted molar refractivity (Wildman–Crippen MR) is 127 cm³/mol. The van der Waals surface area contributed by atoms with Crippen molar-refractivity contribution in [2.75, 3.05) is 26.7 Å². The van der Waals surface area contributed by atoms with Crippen LogP contribution in [0.4, 0.5) is 10.1 Å². The molecule has 1 atom stereocenters. The highest BCUT2D eigenvalue weighted by Crippen LogP contribution is 2.39. The van der Waals surface area contributed by atoms with Crippen molar-refractivity contribution in [2.24, 2.45) is 4.99 Å². The first kappa shape index (κ1) is 22.4. The summed E-state index contributed by atoms with van der Waals surface area (Å²) in [4.78, 5) is 7.08. The van der Waals surface area contributed by atoms with E-state index in [1.807, 2.05) is 49.4 Å². The summed E-state index contributed by atoms with van der Waals surface area (Å²) in [6.45, 7) is 2.99. The first-order valence-corrected chi connectivity index (χ1v) is 12.4. The molecule has 3 aromatic carbocycles. The molecule has 0 radical (unpaired) electrons. The highest BCUT2D eigenvalue weighted by molar-refractivity contribution is 7.89. The molecule has 0 aliphatic carbocycles. The molecular weight excluding hydrogens is 457 g/mol. The summed E-state index contributed by atoms with van der Waals surface area (Å²) in [5.74, 6) is 2.20. The van der Waals surface area contributed by atoms with E-state index in [1.54, 1.807) is 7.11 Å². The normalized spacial score (nSPS) is 18.3. The number of hydrogen-bond donors (Lipinski definition) is 0. The van der Waals surface area contributed by atoms with E-state index in [-0.39, 0.29) is 17.5 Å². The first-order chi connectivity index (χ1) is 16.4. The fourth-order valence-corrected chi connectivity index (χ4v) is 5.92. The van der Waals surface area contributed by atoms with Gasteiger partial charge in [0.25, 0.3) is 0 Å². The van der Waals surface area contributed by atoms with E-state index in [1.165, 1.54) is 16.4 Å². The van der Waals surface area contributed by atoms with E-state index in [0.29, 0.717) is 41.9 Å². The SMILES string of the molecule is COc1ccc2c(c1)C(N1CCN(S(=O)(=O)c3ccc(F)cc3)[C@@H](C)C1)=Nc1ccccc1O2. The molecule has 7 nitrogen and oxygen atoms in total. The Morgan fingerprint density at radius 1 is 1.03 bits per heavy atom. The molecule has 176 valence electrons. The standard InChI is InChI=1S/C25H24FN3O4S/c1-17-16-28(13-14-29(17)34(30,31)20-10-7-18(26)8-11-20)25-21-15-19(32-2)9-12-23(21)33-24-6-4-3-5-22(24)27-25/h3-12,15,17H,13-14,16H2,1-2H3/t17-/m0/s1. The van der Waals surface area contributed by atoms with Gasteiger partial charge in [0.15, 0.2) is 5.75 Å². The number of sulfonamides is 1. The third kappa shape index (κ3) is 4.01. The Morgan fingerprint density at radius 3 is 2.53 bits per heavy atom. The van der Waals surface area contributed by atoms with Gasteiger partial charge in [0.2, 0.25) is 10.0 Å². The van der Waals surface area contributed by atoms with Crippen LogP contribution in [0, 0.1) is 5.82 Å². The Bertz CT molecular complexity index is 1360. The third-order valence-electron chi connectivity index (χ3n) is 6.03. The van der Waals surface area contributed by atoms with Gasteiger partial charge >= 0.3 is 0 Å². The quantitative estimate of drug-likeness (QED) is 0.554. The molecule has 0 unspecified atom stereocenters. The number of aliphatic imine (C=N–C) groups is 1. The summed E-state index contributed by atoms with van der Waals surface area (Å²) >= 11 is 0. The van der Waals surface area contributed by atoms with Crippen LogP contribution >= 0.6 is 0 Å². The van der Waals surface area contributed by atoms with E-state index < -0.39 is 15.8 Å². The van der Waals surface area contributed by atoms with Gasteiger partial charge in [-0.25, -0.2) is 17.8 Å². The van der Waals surface area contributed by atoms with Crippen molar-refractivity contribution >= 4 is 21.5 Å². The average molecular weight is 482 g/mol. The van der Waals surface area contributed by atoms with Crippen LogP contribution in [0.3, 0.4) is 0 Å². The minimum absolute atomic E-state index is 0.0819. The lowest BCUT2D eigenvalue weighted by atomic mass is 10.1. The van der Waals surface area contributed by atoms with Crippen LogP contribution < -0.4 is 9.47 Å². The van der Waals surface area contributed by atoms with Gasteiger partial charge in [-0.2, -0.15) is 4.31 Å². The van der Waals surface area contributed by atoms with Gasteiger partial charge in [0.1, 0.15) is 28.8 Å². The van der Waals surface area contributed by atoms with E-state index >= 15 is 0 Å². The predicted octanol–water partition coefficient (Wildman–Crippen LogP) is 4.41. The largest absolute Gasteiger partial charge is 0.497 e. The monoisotopic (exact) mass is 481 g/mol. The van der Waals surface area contributed by atoms with Crippen molar-refractivity contribution in [1.29, 1.82) is 0 Å². The highest BCUT2D eigenvalue weighted by Gasteiger charge is 2.36. The van der Waals surface area contributed by atoms with E-state index in [2.05, 4.69) is 4.90 Å². The number of nitrogens with zero attached hydrogens (tertiary/aromatic N) is 3. The smallest absolute Gasteiger partial charge is 0.243 e. The molecule has 2 aliphatic rings. The fraction of sp³-hybridized carbons (Fsp3) is 0.240. The Kier molecular flexibility index (Phi) is 5.75. The molecule has 3 aromatic rings. The summed E-state index contributed by atoms with van der Waals surface area (Å²) in [5, 5.41) is 0. The number of piperazine rings is 1. The number of hydrogen-bond acceptors (Lipinski definition) is 6. The molecule has 1 saturated heterocycles. The zero-order valence-electron chi connectivity index (χ0n) is 18.8. The van der Waals surface area contributed by atoms with Crippen LogP contribution in [0.15, 0.2) is 76.6 Å². The number of para-hydroxylation sites is 2. The van der Waals surface area contributed by atoms with Crippen LogP contribution in [0.1, 0.15) is 12.5 Å².